The summed E-state index contributed by atoms with van der Waals surface area (Å²) in [6.07, 6.45) is -1.77. The summed E-state index contributed by atoms with van der Waals surface area (Å²) in [6.45, 7) is 1.05. The van der Waals surface area contributed by atoms with Crippen LogP contribution in [-0.2, 0) is 23.1 Å². The van der Waals surface area contributed by atoms with Crippen molar-refractivity contribution in [2.75, 3.05) is 20.1 Å². The van der Waals surface area contributed by atoms with Crippen molar-refractivity contribution < 1.29 is 37.1 Å². The first-order valence-electron chi connectivity index (χ1n) is 14.6. The van der Waals surface area contributed by atoms with Crippen molar-refractivity contribution >= 4 is 35.6 Å². The van der Waals surface area contributed by atoms with Crippen LogP contribution in [0.25, 0.3) is 11.3 Å². The van der Waals surface area contributed by atoms with Gasteiger partial charge in [-0.3, -0.25) is 9.59 Å². The second-order valence-electron chi connectivity index (χ2n) is 11.9. The lowest BCUT2D eigenvalue weighted by Gasteiger charge is -2.27. The van der Waals surface area contributed by atoms with Gasteiger partial charge in [-0.1, -0.05) is 23.7 Å². The number of halogens is 5. The average molecular weight is 645 g/mol. The summed E-state index contributed by atoms with van der Waals surface area (Å²) >= 11 is 6.43. The minimum atomic E-state index is -4.62. The minimum Gasteiger partial charge on any atom is -0.478 e. The maximum atomic E-state index is 15.3. The molecular weight excluding hydrogens is 616 g/mol. The molecule has 0 bridgehead atoms. The first-order valence-corrected chi connectivity index (χ1v) is 15.0. The van der Waals surface area contributed by atoms with Gasteiger partial charge in [0.2, 0.25) is 5.91 Å². The highest BCUT2D eigenvalue weighted by Crippen LogP contribution is 2.60. The second kappa shape index (κ2) is 11.4. The molecule has 1 aliphatic heterocycles. The Morgan fingerprint density at radius 2 is 1.91 bits per heavy atom. The number of hydrogen-bond acceptors (Lipinski definition) is 5. The van der Waals surface area contributed by atoms with Gasteiger partial charge in [0.15, 0.2) is 0 Å². The fraction of sp³-hybridized carbons (Fsp3) is 0.406. The molecule has 2 aliphatic carbocycles. The molecule has 0 spiro atoms. The number of alkyl halides is 3. The van der Waals surface area contributed by atoms with Gasteiger partial charge >= 0.3 is 12.1 Å². The number of fused-ring (bicyclic) bond motifs is 1. The van der Waals surface area contributed by atoms with Crippen LogP contribution in [0.1, 0.15) is 63.2 Å². The number of aromatic nitrogens is 2. The van der Waals surface area contributed by atoms with Crippen molar-refractivity contribution in [1.82, 2.24) is 14.7 Å². The van der Waals surface area contributed by atoms with Gasteiger partial charge in [-0.05, 0) is 61.9 Å². The van der Waals surface area contributed by atoms with E-state index in [1.54, 1.807) is 11.9 Å². The molecule has 3 aliphatic rings. The molecule has 1 saturated heterocycles. The minimum absolute atomic E-state index is 0.0506. The number of carbonyl (C=O) groups is 3. The number of aromatic carboxylic acids is 1. The summed E-state index contributed by atoms with van der Waals surface area (Å²) in [7, 11) is 1.67. The molecular formula is C32H29ClF4N4O4. The third kappa shape index (κ3) is 5.32. The maximum Gasteiger partial charge on any atom is 0.398 e. The number of benzene rings is 2. The van der Waals surface area contributed by atoms with E-state index in [1.165, 1.54) is 30.3 Å². The van der Waals surface area contributed by atoms with Crippen molar-refractivity contribution in [2.24, 2.45) is 16.8 Å². The Labute approximate surface area is 260 Å². The molecule has 2 aromatic carbocycles. The molecule has 8 nitrogen and oxygen atoms in total. The monoisotopic (exact) mass is 644 g/mol. The van der Waals surface area contributed by atoms with E-state index < -0.39 is 35.2 Å². The molecule has 2 atom stereocenters. The van der Waals surface area contributed by atoms with Crippen molar-refractivity contribution in [3.63, 3.8) is 0 Å². The fourth-order valence-corrected chi connectivity index (χ4v) is 6.96. The molecule has 1 saturated carbocycles. The molecule has 6 rings (SSSR count). The van der Waals surface area contributed by atoms with E-state index in [4.69, 9.17) is 11.6 Å². The van der Waals surface area contributed by atoms with E-state index in [9.17, 15) is 32.7 Å². The largest absolute Gasteiger partial charge is 0.478 e. The highest BCUT2D eigenvalue weighted by Gasteiger charge is 2.65. The zero-order valence-electron chi connectivity index (χ0n) is 24.2. The number of likely N-dealkylation sites (tertiary alicyclic amines) is 1. The van der Waals surface area contributed by atoms with Gasteiger partial charge in [-0.25, -0.2) is 9.18 Å². The number of carboxylic acids is 1. The van der Waals surface area contributed by atoms with E-state index in [0.29, 0.717) is 25.1 Å². The Balaban J connectivity index is 1.45. The van der Waals surface area contributed by atoms with E-state index in [-0.39, 0.29) is 76.2 Å². The van der Waals surface area contributed by atoms with E-state index in [1.807, 2.05) is 6.21 Å². The number of amides is 1. The summed E-state index contributed by atoms with van der Waals surface area (Å²) in [6, 6.07) is 7.24. The molecule has 45 heavy (non-hydrogen) atoms. The lowest BCUT2D eigenvalue weighted by Crippen LogP contribution is -2.38. The molecule has 2 heterocycles. The number of carboxylic acid groups (broad SMARTS) is 1. The SMILES string of the molecule is CN=C[C@@H]1CCN(C(=O)C2CCc3c(-c4ccc(C(=O)O)cc4F)nn(C(=O)c4c(Cl)cccc4C4(C(F)(F)F)CC4)c3C2)C1. The zero-order valence-corrected chi connectivity index (χ0v) is 25.0. The summed E-state index contributed by atoms with van der Waals surface area (Å²) in [5.74, 6) is -3.65. The molecule has 236 valence electrons. The summed E-state index contributed by atoms with van der Waals surface area (Å²) in [5.41, 5.74) is -2.35. The van der Waals surface area contributed by atoms with Gasteiger partial charge in [-0.2, -0.15) is 23.0 Å². The standard InChI is InChI=1S/C32H29ClF4N4O4/c1-38-15-17-9-12-40(16-17)28(42)18-5-8-21-25(14-18)41(39-27(21)20-7-6-19(30(44)45)13-24(20)34)29(43)26-22(3-2-4-23(26)33)31(10-11-31)32(35,36)37/h2-4,6-7,13,15,17-18H,5,8-12,14,16H2,1H3,(H,44,45)/t17-,18?/m0/s1. The molecule has 1 unspecified atom stereocenters. The van der Waals surface area contributed by atoms with Crippen LogP contribution in [0.4, 0.5) is 17.6 Å². The Kier molecular flexibility index (Phi) is 7.83. The van der Waals surface area contributed by atoms with Crippen molar-refractivity contribution in [3.05, 3.63) is 75.2 Å². The lowest BCUT2D eigenvalue weighted by atomic mass is 9.84. The molecule has 1 N–H and O–H groups in total. The van der Waals surface area contributed by atoms with Gasteiger partial charge in [0.05, 0.1) is 33.0 Å². The number of hydrogen-bond donors (Lipinski definition) is 1. The average Bonchev–Trinajstić information content (AvgIpc) is 3.56. The highest BCUT2D eigenvalue weighted by atomic mass is 35.5. The Hall–Kier alpha value is -4.06. The van der Waals surface area contributed by atoms with Crippen LogP contribution in [0.15, 0.2) is 41.4 Å². The lowest BCUT2D eigenvalue weighted by molar-refractivity contribution is -0.160. The molecule has 3 aromatic rings. The van der Waals surface area contributed by atoms with E-state index in [0.717, 1.165) is 17.2 Å². The summed E-state index contributed by atoms with van der Waals surface area (Å²) in [5, 5.41) is 13.6. The van der Waals surface area contributed by atoms with Crippen LogP contribution in [0.3, 0.4) is 0 Å². The Bertz CT molecular complexity index is 1750. The normalized spacial score (nSPS) is 20.8. The van der Waals surface area contributed by atoms with Gasteiger partial charge in [0.1, 0.15) is 5.82 Å². The number of nitrogens with zero attached hydrogens (tertiary/aromatic N) is 4. The third-order valence-electron chi connectivity index (χ3n) is 9.22. The van der Waals surface area contributed by atoms with E-state index >= 15 is 4.39 Å². The van der Waals surface area contributed by atoms with Gasteiger partial charge in [0, 0.05) is 55.7 Å². The number of rotatable bonds is 6. The maximum absolute atomic E-state index is 15.3. The smallest absolute Gasteiger partial charge is 0.398 e. The molecule has 13 heteroatoms. The topological polar surface area (TPSA) is 105 Å². The van der Waals surface area contributed by atoms with Crippen molar-refractivity contribution in [1.29, 1.82) is 0 Å². The van der Waals surface area contributed by atoms with Gasteiger partial charge in [0.25, 0.3) is 5.91 Å². The van der Waals surface area contributed by atoms with Crippen LogP contribution >= 0.6 is 11.6 Å². The Morgan fingerprint density at radius 1 is 1.16 bits per heavy atom. The van der Waals surface area contributed by atoms with Gasteiger partial charge < -0.3 is 15.0 Å². The second-order valence-corrected chi connectivity index (χ2v) is 12.3. The zero-order chi connectivity index (χ0) is 32.3. The van der Waals surface area contributed by atoms with Crippen LogP contribution in [0, 0.1) is 17.7 Å². The van der Waals surface area contributed by atoms with Crippen LogP contribution in [0.5, 0.6) is 0 Å². The van der Waals surface area contributed by atoms with Crippen LogP contribution in [-0.4, -0.2) is 70.1 Å². The highest BCUT2D eigenvalue weighted by molar-refractivity contribution is 6.34. The van der Waals surface area contributed by atoms with Crippen molar-refractivity contribution in [2.45, 2.75) is 50.1 Å². The van der Waals surface area contributed by atoms with Crippen LogP contribution in [0.2, 0.25) is 5.02 Å². The third-order valence-corrected chi connectivity index (χ3v) is 9.53. The predicted octanol–water partition coefficient (Wildman–Crippen LogP) is 5.98. The fourth-order valence-electron chi connectivity index (χ4n) is 6.70. The van der Waals surface area contributed by atoms with Crippen molar-refractivity contribution in [3.8, 4) is 11.3 Å². The molecule has 1 aromatic heterocycles. The first kappa shape index (κ1) is 30.9. The molecule has 1 amide bonds. The summed E-state index contributed by atoms with van der Waals surface area (Å²) < 4.78 is 59.0. The first-order chi connectivity index (χ1) is 21.4. The quantitative estimate of drug-likeness (QED) is 0.263. The predicted molar refractivity (Wildman–Crippen MR) is 157 cm³/mol. The van der Waals surface area contributed by atoms with E-state index in [2.05, 4.69) is 10.1 Å². The molecule has 0 radical (unpaired) electrons. The molecule has 2 fully saturated rings. The summed E-state index contributed by atoms with van der Waals surface area (Å²) in [4.78, 5) is 45.1. The number of aliphatic imine (C=N–C) groups is 1. The van der Waals surface area contributed by atoms with Crippen LogP contribution < -0.4 is 0 Å². The Morgan fingerprint density at radius 3 is 2.56 bits per heavy atom. The van der Waals surface area contributed by atoms with Gasteiger partial charge in [-0.15, -0.1) is 0 Å². The number of carbonyl (C=O) groups excluding carboxylic acids is 2.